The maximum atomic E-state index is 5.88. The topological polar surface area (TPSA) is 28.7 Å². The van der Waals surface area contributed by atoms with E-state index in [0.717, 1.165) is 22.3 Å². The number of halogens is 1. The van der Waals surface area contributed by atoms with Gasteiger partial charge in [0.1, 0.15) is 10.3 Å². The zero-order valence-electron chi connectivity index (χ0n) is 9.35. The van der Waals surface area contributed by atoms with Gasteiger partial charge in [-0.3, -0.25) is 0 Å². The lowest BCUT2D eigenvalue weighted by Crippen LogP contribution is -1.90. The van der Waals surface area contributed by atoms with Crippen LogP contribution in [-0.2, 0) is 0 Å². The van der Waals surface area contributed by atoms with Gasteiger partial charge in [0, 0.05) is 10.6 Å². The first-order valence-electron chi connectivity index (χ1n) is 5.49. The highest BCUT2D eigenvalue weighted by molar-refractivity contribution is 7.71. The van der Waals surface area contributed by atoms with Gasteiger partial charge in [-0.05, 0) is 24.3 Å². The van der Waals surface area contributed by atoms with Crippen LogP contribution in [0.4, 0.5) is 0 Å². The average molecular weight is 273 g/mol. The minimum atomic E-state index is 0.635. The van der Waals surface area contributed by atoms with Crippen LogP contribution in [0.2, 0.25) is 5.02 Å². The molecule has 0 aliphatic heterocycles. The third-order valence-electron chi connectivity index (χ3n) is 2.72. The molecule has 1 aromatic heterocycles. The number of rotatable bonds is 1. The molecule has 0 aliphatic rings. The molecular formula is C14H9ClN2S. The number of nitrogens with one attached hydrogen (secondary N) is 1. The fourth-order valence-electron chi connectivity index (χ4n) is 1.83. The van der Waals surface area contributed by atoms with Gasteiger partial charge in [0.05, 0.1) is 11.0 Å². The number of para-hydroxylation sites is 2. The van der Waals surface area contributed by atoms with Crippen molar-refractivity contribution in [2.75, 3.05) is 0 Å². The molecule has 1 heterocycles. The summed E-state index contributed by atoms with van der Waals surface area (Å²) in [6, 6.07) is 15.3. The lowest BCUT2D eigenvalue weighted by molar-refractivity contribution is 1.27. The maximum Gasteiger partial charge on any atom is 0.130 e. The van der Waals surface area contributed by atoms with Gasteiger partial charge in [-0.25, -0.2) is 4.98 Å². The minimum absolute atomic E-state index is 0.635. The number of benzene rings is 2. The highest BCUT2D eigenvalue weighted by Gasteiger charge is 2.04. The third kappa shape index (κ3) is 2.03. The maximum absolute atomic E-state index is 5.88. The summed E-state index contributed by atoms with van der Waals surface area (Å²) in [6.45, 7) is 0. The Balaban J connectivity index is 2.26. The molecule has 0 saturated carbocycles. The van der Waals surface area contributed by atoms with Crippen molar-refractivity contribution in [3.63, 3.8) is 0 Å². The summed E-state index contributed by atoms with van der Waals surface area (Å²) in [4.78, 5) is 7.79. The van der Waals surface area contributed by atoms with Crippen molar-refractivity contribution in [3.8, 4) is 11.3 Å². The first-order chi connectivity index (χ1) is 8.74. The number of hydrogen-bond acceptors (Lipinski definition) is 2. The molecule has 1 N–H and O–H groups in total. The van der Waals surface area contributed by atoms with E-state index in [0.29, 0.717) is 9.66 Å². The van der Waals surface area contributed by atoms with E-state index in [4.69, 9.17) is 23.8 Å². The van der Waals surface area contributed by atoms with Gasteiger partial charge < -0.3 is 4.98 Å². The van der Waals surface area contributed by atoms with Gasteiger partial charge in [0.15, 0.2) is 0 Å². The Morgan fingerprint density at radius 2 is 1.72 bits per heavy atom. The van der Waals surface area contributed by atoms with E-state index in [9.17, 15) is 0 Å². The molecule has 18 heavy (non-hydrogen) atoms. The van der Waals surface area contributed by atoms with Gasteiger partial charge in [0.25, 0.3) is 0 Å². The predicted octanol–water partition coefficient (Wildman–Crippen LogP) is 4.61. The first kappa shape index (κ1) is 11.4. The number of H-pyrrole nitrogens is 1. The van der Waals surface area contributed by atoms with Crippen LogP contribution in [0.5, 0.6) is 0 Å². The van der Waals surface area contributed by atoms with Crippen LogP contribution in [0.25, 0.3) is 22.3 Å². The molecule has 2 nitrogen and oxygen atoms in total. The van der Waals surface area contributed by atoms with Crippen molar-refractivity contribution in [3.05, 3.63) is 58.2 Å². The predicted molar refractivity (Wildman–Crippen MR) is 77.4 cm³/mol. The highest BCUT2D eigenvalue weighted by atomic mass is 35.5. The monoisotopic (exact) mass is 272 g/mol. The average Bonchev–Trinajstić information content (AvgIpc) is 2.39. The van der Waals surface area contributed by atoms with Crippen LogP contribution in [0.3, 0.4) is 0 Å². The Labute approximate surface area is 114 Å². The number of aromatic nitrogens is 2. The number of nitrogens with zero attached hydrogens (tertiary/aromatic N) is 1. The summed E-state index contributed by atoms with van der Waals surface area (Å²) >= 11 is 11.2. The van der Waals surface area contributed by atoms with Crippen LogP contribution in [-0.4, -0.2) is 9.97 Å². The van der Waals surface area contributed by atoms with Gasteiger partial charge >= 0.3 is 0 Å². The summed E-state index contributed by atoms with van der Waals surface area (Å²) in [5.41, 5.74) is 3.59. The standard InChI is InChI=1S/C14H9ClN2S/c15-10-7-5-9(6-8-10)13-14(18)17-12-4-2-1-3-11(12)16-13/h1-8H,(H,17,18). The molecule has 4 heteroatoms. The summed E-state index contributed by atoms with van der Waals surface area (Å²) < 4.78 is 0.635. The molecule has 0 aliphatic carbocycles. The highest BCUT2D eigenvalue weighted by Crippen LogP contribution is 2.22. The zero-order valence-corrected chi connectivity index (χ0v) is 10.9. The molecule has 0 radical (unpaired) electrons. The summed E-state index contributed by atoms with van der Waals surface area (Å²) in [5.74, 6) is 0. The van der Waals surface area contributed by atoms with Gasteiger partial charge in [0.2, 0.25) is 0 Å². The van der Waals surface area contributed by atoms with Crippen LogP contribution >= 0.6 is 23.8 Å². The summed E-state index contributed by atoms with van der Waals surface area (Å²) in [5, 5.41) is 0.703. The quantitative estimate of drug-likeness (QED) is 0.655. The fraction of sp³-hybridized carbons (Fsp3) is 0. The molecule has 0 fully saturated rings. The molecule has 0 amide bonds. The van der Waals surface area contributed by atoms with E-state index in [1.54, 1.807) is 0 Å². The number of aromatic amines is 1. The first-order valence-corrected chi connectivity index (χ1v) is 6.28. The lowest BCUT2D eigenvalue weighted by atomic mass is 10.1. The molecular weight excluding hydrogens is 264 g/mol. The van der Waals surface area contributed by atoms with E-state index in [1.807, 2.05) is 48.5 Å². The second kappa shape index (κ2) is 4.52. The molecule has 3 aromatic rings. The minimum Gasteiger partial charge on any atom is -0.343 e. The molecule has 3 rings (SSSR count). The second-order valence-electron chi connectivity index (χ2n) is 3.94. The van der Waals surface area contributed by atoms with Gasteiger partial charge in [-0.2, -0.15) is 0 Å². The van der Waals surface area contributed by atoms with E-state index >= 15 is 0 Å². The number of fused-ring (bicyclic) bond motifs is 1. The number of hydrogen-bond donors (Lipinski definition) is 1. The molecule has 0 saturated heterocycles. The third-order valence-corrected chi connectivity index (χ3v) is 3.26. The van der Waals surface area contributed by atoms with E-state index in [-0.39, 0.29) is 0 Å². The van der Waals surface area contributed by atoms with Crippen LogP contribution < -0.4 is 0 Å². The van der Waals surface area contributed by atoms with E-state index in [2.05, 4.69) is 9.97 Å². The van der Waals surface area contributed by atoms with Crippen molar-refractivity contribution >= 4 is 34.9 Å². The Morgan fingerprint density at radius 3 is 2.50 bits per heavy atom. The fourth-order valence-corrected chi connectivity index (χ4v) is 2.23. The van der Waals surface area contributed by atoms with Crippen molar-refractivity contribution in [2.45, 2.75) is 0 Å². The molecule has 0 bridgehead atoms. The second-order valence-corrected chi connectivity index (χ2v) is 4.78. The Bertz CT molecular complexity index is 763. The Morgan fingerprint density at radius 1 is 1.00 bits per heavy atom. The molecule has 0 atom stereocenters. The van der Waals surface area contributed by atoms with Gasteiger partial charge in [-0.15, -0.1) is 0 Å². The lowest BCUT2D eigenvalue weighted by Gasteiger charge is -2.04. The summed E-state index contributed by atoms with van der Waals surface area (Å²) in [6.07, 6.45) is 0. The smallest absolute Gasteiger partial charge is 0.130 e. The van der Waals surface area contributed by atoms with Crippen LogP contribution in [0, 0.1) is 4.64 Å². The van der Waals surface area contributed by atoms with Crippen molar-refractivity contribution in [2.24, 2.45) is 0 Å². The Kier molecular flexibility index (Phi) is 2.86. The normalized spacial score (nSPS) is 10.7. The summed E-state index contributed by atoms with van der Waals surface area (Å²) in [7, 11) is 0. The van der Waals surface area contributed by atoms with Crippen molar-refractivity contribution in [1.29, 1.82) is 0 Å². The van der Waals surface area contributed by atoms with Crippen LogP contribution in [0.15, 0.2) is 48.5 Å². The van der Waals surface area contributed by atoms with Crippen molar-refractivity contribution < 1.29 is 0 Å². The zero-order chi connectivity index (χ0) is 12.5. The van der Waals surface area contributed by atoms with Crippen LogP contribution in [0.1, 0.15) is 0 Å². The Hall–Kier alpha value is -1.71. The SMILES string of the molecule is S=c1[nH]c2ccccc2nc1-c1ccc(Cl)cc1. The molecule has 2 aromatic carbocycles. The largest absolute Gasteiger partial charge is 0.343 e. The van der Waals surface area contributed by atoms with E-state index < -0.39 is 0 Å². The van der Waals surface area contributed by atoms with E-state index in [1.165, 1.54) is 0 Å². The molecule has 0 unspecified atom stereocenters. The molecule has 0 spiro atoms. The van der Waals surface area contributed by atoms with Crippen molar-refractivity contribution in [1.82, 2.24) is 9.97 Å². The molecule has 88 valence electrons. The van der Waals surface area contributed by atoms with Gasteiger partial charge in [-0.1, -0.05) is 48.1 Å².